The van der Waals surface area contributed by atoms with Gasteiger partial charge in [0.15, 0.2) is 5.75 Å². The zero-order chi connectivity index (χ0) is 35.1. The lowest BCUT2D eigenvalue weighted by Gasteiger charge is -2.23. The SMILES string of the molecule is C=CCOc1ccc(-c2c(OCC=C)c(=O)c3c(OCC=C)cc(OCC=C)cc3n2CCCCCCCCCCCCCCCC)cc1. The van der Waals surface area contributed by atoms with E-state index in [1.807, 2.05) is 30.3 Å². The minimum atomic E-state index is -0.245. The molecule has 0 aliphatic carbocycles. The molecule has 0 radical (unpaired) electrons. The Balaban J connectivity index is 1.90. The minimum Gasteiger partial charge on any atom is -0.490 e. The topological polar surface area (TPSA) is 58.9 Å². The highest BCUT2D eigenvalue weighted by molar-refractivity contribution is 5.92. The largest absolute Gasteiger partial charge is 0.490 e. The smallest absolute Gasteiger partial charge is 0.235 e. The number of hydrogen-bond donors (Lipinski definition) is 0. The molecule has 0 fully saturated rings. The quantitative estimate of drug-likeness (QED) is 0.0569. The van der Waals surface area contributed by atoms with Gasteiger partial charge in [-0.2, -0.15) is 0 Å². The van der Waals surface area contributed by atoms with Crippen LogP contribution in [0, 0.1) is 0 Å². The van der Waals surface area contributed by atoms with E-state index in [0.717, 1.165) is 29.7 Å². The third kappa shape index (κ3) is 12.6. The number of fused-ring (bicyclic) bond motifs is 1. The number of unbranched alkanes of at least 4 members (excludes halogenated alkanes) is 13. The third-order valence-corrected chi connectivity index (χ3v) is 8.56. The molecule has 0 amide bonds. The van der Waals surface area contributed by atoms with Crippen molar-refractivity contribution in [1.29, 1.82) is 0 Å². The summed E-state index contributed by atoms with van der Waals surface area (Å²) in [4.78, 5) is 14.3. The number of ether oxygens (including phenoxy) is 4. The molecule has 2 aromatic carbocycles. The maximum atomic E-state index is 14.3. The third-order valence-electron chi connectivity index (χ3n) is 8.56. The normalized spacial score (nSPS) is 10.9. The number of benzene rings is 2. The fourth-order valence-electron chi connectivity index (χ4n) is 6.11. The molecule has 6 heteroatoms. The van der Waals surface area contributed by atoms with Crippen molar-refractivity contribution in [2.75, 3.05) is 26.4 Å². The van der Waals surface area contributed by atoms with Crippen LogP contribution in [0.5, 0.6) is 23.0 Å². The highest BCUT2D eigenvalue weighted by Gasteiger charge is 2.23. The van der Waals surface area contributed by atoms with Gasteiger partial charge in [0.2, 0.25) is 5.43 Å². The van der Waals surface area contributed by atoms with Gasteiger partial charge in [-0.05, 0) is 30.7 Å². The Kier molecular flexibility index (Phi) is 18.6. The van der Waals surface area contributed by atoms with E-state index >= 15 is 0 Å². The van der Waals surface area contributed by atoms with Gasteiger partial charge in [0.25, 0.3) is 0 Å². The molecule has 6 nitrogen and oxygen atoms in total. The van der Waals surface area contributed by atoms with E-state index in [0.29, 0.717) is 42.3 Å². The van der Waals surface area contributed by atoms with Gasteiger partial charge in [-0.25, -0.2) is 0 Å². The fraction of sp³-hybridized carbons (Fsp3) is 0.465. The van der Waals surface area contributed by atoms with Crippen LogP contribution in [0.2, 0.25) is 0 Å². The van der Waals surface area contributed by atoms with Crippen LogP contribution in [-0.2, 0) is 6.54 Å². The summed E-state index contributed by atoms with van der Waals surface area (Å²) < 4.78 is 26.2. The monoisotopic (exact) mass is 669 g/mol. The minimum absolute atomic E-state index is 0.191. The van der Waals surface area contributed by atoms with Gasteiger partial charge in [-0.1, -0.05) is 141 Å². The first-order valence-corrected chi connectivity index (χ1v) is 18.4. The predicted octanol–water partition coefficient (Wildman–Crippen LogP) is 11.4. The van der Waals surface area contributed by atoms with Crippen molar-refractivity contribution in [1.82, 2.24) is 4.57 Å². The standard InChI is InChI=1S/C43H59NO5/c1-6-11-12-13-14-15-16-17-18-19-20-21-22-23-28-44-38-33-37(47-30-8-3)34-39(48-31-9-4)40(38)42(45)43(49-32-10-5)41(44)35-24-26-36(27-25-35)46-29-7-2/h7-10,24-27,33-34H,2-6,11-23,28-32H2,1H3. The molecular weight excluding hydrogens is 610 g/mol. The molecule has 0 N–H and O–H groups in total. The molecule has 0 spiro atoms. The van der Waals surface area contributed by atoms with E-state index in [-0.39, 0.29) is 24.4 Å². The summed E-state index contributed by atoms with van der Waals surface area (Å²) in [5, 5.41) is 0.451. The lowest BCUT2D eigenvalue weighted by atomic mass is 10.0. The lowest BCUT2D eigenvalue weighted by molar-refractivity contribution is 0.345. The van der Waals surface area contributed by atoms with Crippen LogP contribution in [-0.4, -0.2) is 31.0 Å². The van der Waals surface area contributed by atoms with Crippen molar-refractivity contribution < 1.29 is 18.9 Å². The highest BCUT2D eigenvalue weighted by atomic mass is 16.5. The molecule has 1 aromatic heterocycles. The predicted molar refractivity (Wildman–Crippen MR) is 207 cm³/mol. The molecular formula is C43H59NO5. The first-order valence-electron chi connectivity index (χ1n) is 18.4. The molecule has 0 aliphatic rings. The summed E-state index contributed by atoms with van der Waals surface area (Å²) in [6, 6.07) is 11.4. The number of pyridine rings is 1. The lowest BCUT2D eigenvalue weighted by Crippen LogP contribution is -2.18. The number of aromatic nitrogens is 1. The average molecular weight is 670 g/mol. The van der Waals surface area contributed by atoms with Gasteiger partial charge < -0.3 is 23.5 Å². The van der Waals surface area contributed by atoms with E-state index in [1.165, 1.54) is 77.0 Å². The molecule has 3 aromatic rings. The summed E-state index contributed by atoms with van der Waals surface area (Å²) in [6.45, 7) is 19.3. The Bertz CT molecular complexity index is 1500. The molecule has 0 saturated carbocycles. The maximum Gasteiger partial charge on any atom is 0.235 e. The zero-order valence-corrected chi connectivity index (χ0v) is 30.0. The van der Waals surface area contributed by atoms with Crippen molar-refractivity contribution in [3.05, 3.63) is 97.2 Å². The van der Waals surface area contributed by atoms with Crippen molar-refractivity contribution in [2.24, 2.45) is 0 Å². The van der Waals surface area contributed by atoms with Crippen LogP contribution in [0.3, 0.4) is 0 Å². The Labute approximate surface area is 295 Å². The van der Waals surface area contributed by atoms with Crippen LogP contribution >= 0.6 is 0 Å². The number of nitrogens with zero attached hydrogens (tertiary/aromatic N) is 1. The maximum absolute atomic E-state index is 14.3. The molecule has 1 heterocycles. The van der Waals surface area contributed by atoms with Gasteiger partial charge in [-0.15, -0.1) is 0 Å². The van der Waals surface area contributed by atoms with E-state index in [9.17, 15) is 4.79 Å². The fourth-order valence-corrected chi connectivity index (χ4v) is 6.11. The van der Waals surface area contributed by atoms with Crippen LogP contribution in [0.1, 0.15) is 96.8 Å². The number of hydrogen-bond acceptors (Lipinski definition) is 5. The van der Waals surface area contributed by atoms with Crippen molar-refractivity contribution >= 4 is 10.9 Å². The van der Waals surface area contributed by atoms with Crippen molar-refractivity contribution in [3.63, 3.8) is 0 Å². The second-order valence-corrected chi connectivity index (χ2v) is 12.5. The van der Waals surface area contributed by atoms with E-state index < -0.39 is 0 Å². The summed E-state index contributed by atoms with van der Waals surface area (Å²) in [5.41, 5.74) is 2.04. The Morgan fingerprint density at radius 3 is 1.63 bits per heavy atom. The molecule has 0 atom stereocenters. The summed E-state index contributed by atoms with van der Waals surface area (Å²) in [7, 11) is 0. The molecule has 0 saturated heterocycles. The molecule has 0 aliphatic heterocycles. The highest BCUT2D eigenvalue weighted by Crippen LogP contribution is 2.38. The van der Waals surface area contributed by atoms with Crippen LogP contribution in [0.25, 0.3) is 22.2 Å². The molecule has 49 heavy (non-hydrogen) atoms. The van der Waals surface area contributed by atoms with E-state index in [4.69, 9.17) is 18.9 Å². The summed E-state index contributed by atoms with van der Waals surface area (Å²) >= 11 is 0. The molecule has 0 unspecified atom stereocenters. The van der Waals surface area contributed by atoms with E-state index in [1.54, 1.807) is 30.4 Å². The number of rotatable bonds is 28. The van der Waals surface area contributed by atoms with Crippen LogP contribution < -0.4 is 24.4 Å². The van der Waals surface area contributed by atoms with Gasteiger partial charge in [-0.3, -0.25) is 4.79 Å². The number of aryl methyl sites for hydroxylation is 1. The molecule has 266 valence electrons. The van der Waals surface area contributed by atoms with Gasteiger partial charge >= 0.3 is 0 Å². The van der Waals surface area contributed by atoms with Crippen molar-refractivity contribution in [2.45, 2.75) is 103 Å². The van der Waals surface area contributed by atoms with Gasteiger partial charge in [0.1, 0.15) is 43.7 Å². The average Bonchev–Trinajstić information content (AvgIpc) is 3.12. The Hall–Kier alpha value is -4.19. The second kappa shape index (κ2) is 23.2. The summed E-state index contributed by atoms with van der Waals surface area (Å²) in [6.07, 6.45) is 24.7. The van der Waals surface area contributed by atoms with Crippen molar-refractivity contribution in [3.8, 4) is 34.3 Å². The molecule has 3 rings (SSSR count). The molecule has 0 bridgehead atoms. The van der Waals surface area contributed by atoms with Gasteiger partial charge in [0, 0.05) is 24.2 Å². The second-order valence-electron chi connectivity index (χ2n) is 12.5. The first-order chi connectivity index (χ1) is 24.1. The van der Waals surface area contributed by atoms with E-state index in [2.05, 4.69) is 37.8 Å². The van der Waals surface area contributed by atoms with Gasteiger partial charge in [0.05, 0.1) is 16.6 Å². The van der Waals surface area contributed by atoms with Crippen LogP contribution in [0.4, 0.5) is 0 Å². The first kappa shape index (κ1) is 39.3. The Morgan fingerprint density at radius 2 is 1.08 bits per heavy atom. The Morgan fingerprint density at radius 1 is 0.592 bits per heavy atom. The zero-order valence-electron chi connectivity index (χ0n) is 30.0. The van der Waals surface area contributed by atoms with Crippen LogP contribution in [0.15, 0.2) is 91.8 Å². The summed E-state index contributed by atoms with van der Waals surface area (Å²) in [5.74, 6) is 2.01.